The van der Waals surface area contributed by atoms with Gasteiger partial charge in [0.1, 0.15) is 5.82 Å². The van der Waals surface area contributed by atoms with Gasteiger partial charge in [0.15, 0.2) is 0 Å². The predicted octanol–water partition coefficient (Wildman–Crippen LogP) is 1.63. The Morgan fingerprint density at radius 3 is 2.67 bits per heavy atom. The minimum Gasteiger partial charge on any atom is -0.327 e. The lowest BCUT2D eigenvalue weighted by Crippen LogP contribution is -2.48. The molecular formula is C13H20F3N5. The number of aromatic nitrogens is 3. The normalized spacial score (nSPS) is 31.2. The fourth-order valence-electron chi connectivity index (χ4n) is 3.25. The monoisotopic (exact) mass is 303 g/mol. The van der Waals surface area contributed by atoms with E-state index in [1.54, 1.807) is 0 Å². The molecule has 1 aliphatic carbocycles. The molecule has 3 rings (SSSR count). The molecule has 8 heteroatoms. The van der Waals surface area contributed by atoms with E-state index in [0.717, 1.165) is 19.3 Å². The molecule has 1 aromatic rings. The summed E-state index contributed by atoms with van der Waals surface area (Å²) in [5, 5.41) is 3.56. The van der Waals surface area contributed by atoms with Crippen molar-refractivity contribution in [3.8, 4) is 0 Å². The van der Waals surface area contributed by atoms with Gasteiger partial charge in [0, 0.05) is 18.6 Å². The third-order valence-corrected chi connectivity index (χ3v) is 4.69. The first-order chi connectivity index (χ1) is 9.84. The van der Waals surface area contributed by atoms with Crippen molar-refractivity contribution in [2.24, 2.45) is 11.7 Å². The third-order valence-electron chi connectivity index (χ3n) is 4.69. The van der Waals surface area contributed by atoms with E-state index >= 15 is 0 Å². The highest BCUT2D eigenvalue weighted by atomic mass is 19.4. The maximum Gasteiger partial charge on any atom is 0.453 e. The summed E-state index contributed by atoms with van der Waals surface area (Å²) in [6.07, 6.45) is -1.45. The number of hydrogen-bond donors (Lipinski definition) is 1. The van der Waals surface area contributed by atoms with E-state index in [2.05, 4.69) is 21.9 Å². The molecule has 2 unspecified atom stereocenters. The summed E-state index contributed by atoms with van der Waals surface area (Å²) in [4.78, 5) is 5.86. The van der Waals surface area contributed by atoms with E-state index < -0.39 is 12.0 Å². The minimum absolute atomic E-state index is 0.175. The molecule has 0 amide bonds. The lowest BCUT2D eigenvalue weighted by Gasteiger charge is -2.40. The summed E-state index contributed by atoms with van der Waals surface area (Å²) in [6, 6.07) is 0.519. The lowest BCUT2D eigenvalue weighted by atomic mass is 9.82. The Hall–Kier alpha value is -1.15. The standard InChI is InChI=1S/C13H20F3N5/c1-8-2-3-9(6-10(8)17)20-4-5-21-11(7-20)18-12(19-21)13(14,15)16/h8-10H,2-7,17H2,1H3/t8?,9-,10?/m0/s1. The zero-order chi connectivity index (χ0) is 15.2. The molecule has 2 heterocycles. The van der Waals surface area contributed by atoms with E-state index in [4.69, 9.17) is 5.73 Å². The maximum absolute atomic E-state index is 12.7. The molecule has 5 nitrogen and oxygen atoms in total. The van der Waals surface area contributed by atoms with Gasteiger partial charge in [-0.1, -0.05) is 6.92 Å². The Kier molecular flexibility index (Phi) is 3.69. The van der Waals surface area contributed by atoms with Crippen molar-refractivity contribution < 1.29 is 13.2 Å². The van der Waals surface area contributed by atoms with Crippen LogP contribution < -0.4 is 5.73 Å². The SMILES string of the molecule is CC1CC[C@H](N2CCn3nc(C(F)(F)F)nc3C2)CC1N. The van der Waals surface area contributed by atoms with E-state index in [1.165, 1.54) is 4.68 Å². The molecule has 1 saturated carbocycles. The van der Waals surface area contributed by atoms with Crippen molar-refractivity contribution in [1.82, 2.24) is 19.7 Å². The Labute approximate surface area is 121 Å². The van der Waals surface area contributed by atoms with E-state index in [0.29, 0.717) is 37.4 Å². The van der Waals surface area contributed by atoms with Crippen molar-refractivity contribution in [3.05, 3.63) is 11.6 Å². The molecule has 0 bridgehead atoms. The van der Waals surface area contributed by atoms with Crippen LogP contribution >= 0.6 is 0 Å². The Morgan fingerprint density at radius 2 is 2.00 bits per heavy atom. The van der Waals surface area contributed by atoms with Gasteiger partial charge in [0.2, 0.25) is 0 Å². The molecular weight excluding hydrogens is 283 g/mol. The fraction of sp³-hybridized carbons (Fsp3) is 0.846. The van der Waals surface area contributed by atoms with Crippen LogP contribution in [0.15, 0.2) is 0 Å². The van der Waals surface area contributed by atoms with Gasteiger partial charge < -0.3 is 5.73 Å². The van der Waals surface area contributed by atoms with Gasteiger partial charge in [-0.05, 0) is 25.2 Å². The average molecular weight is 303 g/mol. The molecule has 2 aliphatic rings. The fourth-order valence-corrected chi connectivity index (χ4v) is 3.25. The number of hydrogen-bond acceptors (Lipinski definition) is 4. The maximum atomic E-state index is 12.7. The van der Waals surface area contributed by atoms with Crippen LogP contribution in [-0.2, 0) is 19.3 Å². The van der Waals surface area contributed by atoms with Crippen LogP contribution in [0, 0.1) is 5.92 Å². The van der Waals surface area contributed by atoms with Crippen LogP contribution in [0.2, 0.25) is 0 Å². The van der Waals surface area contributed by atoms with Gasteiger partial charge >= 0.3 is 6.18 Å². The van der Waals surface area contributed by atoms with Gasteiger partial charge in [-0.2, -0.15) is 13.2 Å². The molecule has 21 heavy (non-hydrogen) atoms. The average Bonchev–Trinajstić information content (AvgIpc) is 2.85. The molecule has 1 aromatic heterocycles. The minimum atomic E-state index is -4.47. The number of rotatable bonds is 1. The first kappa shape index (κ1) is 14.8. The molecule has 1 aliphatic heterocycles. The van der Waals surface area contributed by atoms with Gasteiger partial charge in [-0.3, -0.25) is 4.90 Å². The van der Waals surface area contributed by atoms with Gasteiger partial charge in [0.25, 0.3) is 5.82 Å². The van der Waals surface area contributed by atoms with Gasteiger partial charge in [-0.25, -0.2) is 9.67 Å². The van der Waals surface area contributed by atoms with E-state index in [9.17, 15) is 13.2 Å². The Balaban J connectivity index is 1.71. The van der Waals surface area contributed by atoms with Crippen molar-refractivity contribution in [1.29, 1.82) is 0 Å². The molecule has 1 fully saturated rings. The first-order valence-corrected chi connectivity index (χ1v) is 7.35. The molecule has 0 aromatic carbocycles. The Bertz CT molecular complexity index is 512. The number of nitrogens with zero attached hydrogens (tertiary/aromatic N) is 4. The van der Waals surface area contributed by atoms with Crippen LogP contribution in [-0.4, -0.2) is 38.3 Å². The summed E-state index contributed by atoms with van der Waals surface area (Å²) in [5.41, 5.74) is 6.12. The largest absolute Gasteiger partial charge is 0.453 e. The van der Waals surface area contributed by atoms with Crippen molar-refractivity contribution in [2.45, 2.75) is 57.5 Å². The third kappa shape index (κ3) is 2.91. The van der Waals surface area contributed by atoms with Gasteiger partial charge in [0.05, 0.1) is 13.1 Å². The molecule has 0 spiro atoms. The van der Waals surface area contributed by atoms with Crippen molar-refractivity contribution in [2.75, 3.05) is 6.54 Å². The number of fused-ring (bicyclic) bond motifs is 1. The molecule has 118 valence electrons. The zero-order valence-electron chi connectivity index (χ0n) is 12.0. The second-order valence-corrected chi connectivity index (χ2v) is 6.15. The highest BCUT2D eigenvalue weighted by molar-refractivity contribution is 5.00. The summed E-state index contributed by atoms with van der Waals surface area (Å²) in [6.45, 7) is 3.75. The lowest BCUT2D eigenvalue weighted by molar-refractivity contribution is -0.145. The summed E-state index contributed by atoms with van der Waals surface area (Å²) in [5.74, 6) is -0.111. The van der Waals surface area contributed by atoms with Crippen LogP contribution in [0.25, 0.3) is 0 Å². The van der Waals surface area contributed by atoms with E-state index in [1.807, 2.05) is 0 Å². The topological polar surface area (TPSA) is 60.0 Å². The van der Waals surface area contributed by atoms with Crippen LogP contribution in [0.1, 0.15) is 37.8 Å². The van der Waals surface area contributed by atoms with Gasteiger partial charge in [-0.15, -0.1) is 5.10 Å². The first-order valence-electron chi connectivity index (χ1n) is 7.35. The molecule has 2 N–H and O–H groups in total. The van der Waals surface area contributed by atoms with E-state index in [-0.39, 0.29) is 6.04 Å². The van der Waals surface area contributed by atoms with Crippen LogP contribution in [0.5, 0.6) is 0 Å². The second kappa shape index (κ2) is 5.24. The number of halogens is 3. The summed E-state index contributed by atoms with van der Waals surface area (Å²) < 4.78 is 39.3. The summed E-state index contributed by atoms with van der Waals surface area (Å²) >= 11 is 0. The summed E-state index contributed by atoms with van der Waals surface area (Å²) in [7, 11) is 0. The number of alkyl halides is 3. The van der Waals surface area contributed by atoms with Crippen LogP contribution in [0.4, 0.5) is 13.2 Å². The smallest absolute Gasteiger partial charge is 0.327 e. The molecule has 0 saturated heterocycles. The predicted molar refractivity (Wildman–Crippen MR) is 70.2 cm³/mol. The Morgan fingerprint density at radius 1 is 1.24 bits per heavy atom. The van der Waals surface area contributed by atoms with Crippen LogP contribution in [0.3, 0.4) is 0 Å². The number of nitrogens with two attached hydrogens (primary N) is 1. The second-order valence-electron chi connectivity index (χ2n) is 6.15. The zero-order valence-corrected chi connectivity index (χ0v) is 12.0. The van der Waals surface area contributed by atoms with Crippen molar-refractivity contribution in [3.63, 3.8) is 0 Å². The highest BCUT2D eigenvalue weighted by Gasteiger charge is 2.38. The molecule has 3 atom stereocenters. The van der Waals surface area contributed by atoms with Crippen molar-refractivity contribution >= 4 is 0 Å². The molecule has 0 radical (unpaired) electrons. The quantitative estimate of drug-likeness (QED) is 0.856. The highest BCUT2D eigenvalue weighted by Crippen LogP contribution is 2.30.